The number of nitrogens with two attached hydrogens (primary N) is 1. The molecule has 0 saturated heterocycles. The molecular weight excluding hydrogens is 252 g/mol. The maximum Gasteiger partial charge on any atom is 0.230 e. The fourth-order valence-corrected chi connectivity index (χ4v) is 2.02. The first kappa shape index (κ1) is 12.3. The van der Waals surface area contributed by atoms with Crippen molar-refractivity contribution in [3.63, 3.8) is 0 Å². The molecule has 0 unspecified atom stereocenters. The van der Waals surface area contributed by atoms with Crippen molar-refractivity contribution in [2.24, 2.45) is 0 Å². The first-order valence-electron chi connectivity index (χ1n) is 6.17. The summed E-state index contributed by atoms with van der Waals surface area (Å²) in [5.74, 6) is 1.32. The third-order valence-corrected chi connectivity index (χ3v) is 2.96. The highest BCUT2D eigenvalue weighted by molar-refractivity contribution is 5.94. The Hall–Kier alpha value is -2.76. The average molecular weight is 266 g/mol. The van der Waals surface area contributed by atoms with Crippen molar-refractivity contribution in [1.29, 1.82) is 0 Å². The first-order chi connectivity index (χ1) is 9.65. The minimum Gasteiger partial charge on any atom is -0.368 e. The van der Waals surface area contributed by atoms with Crippen molar-refractivity contribution >= 4 is 22.7 Å². The van der Waals surface area contributed by atoms with Crippen LogP contribution in [0.15, 0.2) is 36.7 Å². The summed E-state index contributed by atoms with van der Waals surface area (Å²) in [5, 5.41) is 2.08. The number of nitrogen functional groups attached to an aromatic ring is 1. The van der Waals surface area contributed by atoms with Crippen molar-refractivity contribution in [2.45, 2.75) is 0 Å². The van der Waals surface area contributed by atoms with Gasteiger partial charge in [-0.25, -0.2) is 0 Å². The van der Waals surface area contributed by atoms with Gasteiger partial charge in [0.05, 0.1) is 0 Å². The van der Waals surface area contributed by atoms with E-state index in [0.29, 0.717) is 11.8 Å². The van der Waals surface area contributed by atoms with E-state index in [0.717, 1.165) is 16.3 Å². The van der Waals surface area contributed by atoms with Crippen LogP contribution in [0.1, 0.15) is 0 Å². The molecule has 6 nitrogen and oxygen atoms in total. The van der Waals surface area contributed by atoms with Crippen molar-refractivity contribution in [3.8, 4) is 11.4 Å². The third kappa shape index (κ3) is 2.11. The number of rotatable bonds is 2. The van der Waals surface area contributed by atoms with Gasteiger partial charge in [-0.3, -0.25) is 4.98 Å². The molecule has 2 heterocycles. The zero-order chi connectivity index (χ0) is 14.1. The van der Waals surface area contributed by atoms with Gasteiger partial charge in [0, 0.05) is 37.4 Å². The van der Waals surface area contributed by atoms with Gasteiger partial charge in [0.2, 0.25) is 11.9 Å². The first-order valence-corrected chi connectivity index (χ1v) is 6.17. The molecule has 0 amide bonds. The van der Waals surface area contributed by atoms with E-state index in [1.54, 1.807) is 11.1 Å². The van der Waals surface area contributed by atoms with Gasteiger partial charge < -0.3 is 10.6 Å². The number of pyridine rings is 1. The van der Waals surface area contributed by atoms with E-state index < -0.39 is 0 Å². The number of benzene rings is 1. The van der Waals surface area contributed by atoms with E-state index in [2.05, 4.69) is 19.9 Å². The zero-order valence-corrected chi connectivity index (χ0v) is 11.3. The molecule has 0 spiro atoms. The Bertz CT molecular complexity index is 763. The van der Waals surface area contributed by atoms with E-state index in [4.69, 9.17) is 5.73 Å². The quantitative estimate of drug-likeness (QED) is 0.761. The Morgan fingerprint density at radius 2 is 1.90 bits per heavy atom. The molecule has 3 rings (SSSR count). The van der Waals surface area contributed by atoms with Gasteiger partial charge in [-0.1, -0.05) is 18.2 Å². The van der Waals surface area contributed by atoms with Crippen molar-refractivity contribution in [1.82, 2.24) is 19.9 Å². The van der Waals surface area contributed by atoms with Crippen LogP contribution in [0, 0.1) is 0 Å². The maximum absolute atomic E-state index is 5.78. The summed E-state index contributed by atoms with van der Waals surface area (Å²) in [6.07, 6.45) is 3.57. The summed E-state index contributed by atoms with van der Waals surface area (Å²) in [7, 11) is 3.73. The van der Waals surface area contributed by atoms with Crippen molar-refractivity contribution in [2.75, 3.05) is 24.7 Å². The summed E-state index contributed by atoms with van der Waals surface area (Å²) in [4.78, 5) is 18.7. The second-order valence-electron chi connectivity index (χ2n) is 4.61. The minimum absolute atomic E-state index is 0.213. The van der Waals surface area contributed by atoms with Crippen LogP contribution in [0.25, 0.3) is 22.2 Å². The number of fused-ring (bicyclic) bond motifs is 1. The van der Waals surface area contributed by atoms with Crippen LogP contribution >= 0.6 is 0 Å². The lowest BCUT2D eigenvalue weighted by molar-refractivity contribution is 0.971. The van der Waals surface area contributed by atoms with Gasteiger partial charge in [0.25, 0.3) is 0 Å². The molecule has 3 aromatic rings. The number of aromatic nitrogens is 4. The normalized spacial score (nSPS) is 10.7. The predicted molar refractivity (Wildman–Crippen MR) is 79.3 cm³/mol. The van der Waals surface area contributed by atoms with Gasteiger partial charge in [-0.2, -0.15) is 15.0 Å². The fourth-order valence-electron chi connectivity index (χ4n) is 2.02. The second kappa shape index (κ2) is 4.73. The lowest BCUT2D eigenvalue weighted by Gasteiger charge is -2.12. The van der Waals surface area contributed by atoms with E-state index in [1.165, 1.54) is 0 Å². The number of nitrogens with zero attached hydrogens (tertiary/aromatic N) is 5. The molecule has 6 heteroatoms. The molecular formula is C14H14N6. The van der Waals surface area contributed by atoms with Gasteiger partial charge in [-0.15, -0.1) is 0 Å². The molecule has 20 heavy (non-hydrogen) atoms. The number of hydrogen-bond donors (Lipinski definition) is 1. The van der Waals surface area contributed by atoms with E-state index in [1.807, 2.05) is 44.6 Å². The van der Waals surface area contributed by atoms with Crippen LogP contribution in [0.4, 0.5) is 11.9 Å². The number of hydrogen-bond acceptors (Lipinski definition) is 6. The smallest absolute Gasteiger partial charge is 0.230 e. The van der Waals surface area contributed by atoms with Gasteiger partial charge in [-0.05, 0) is 11.5 Å². The highest BCUT2D eigenvalue weighted by atomic mass is 15.3. The summed E-state index contributed by atoms with van der Waals surface area (Å²) in [5.41, 5.74) is 6.70. The topological polar surface area (TPSA) is 80.8 Å². The van der Waals surface area contributed by atoms with E-state index in [9.17, 15) is 0 Å². The van der Waals surface area contributed by atoms with Crippen LogP contribution in [0.5, 0.6) is 0 Å². The highest BCUT2D eigenvalue weighted by Gasteiger charge is 2.10. The van der Waals surface area contributed by atoms with Gasteiger partial charge >= 0.3 is 0 Å². The van der Waals surface area contributed by atoms with Crippen LogP contribution < -0.4 is 10.6 Å². The van der Waals surface area contributed by atoms with Crippen molar-refractivity contribution in [3.05, 3.63) is 36.7 Å². The molecule has 0 atom stereocenters. The SMILES string of the molecule is CN(C)c1nc(N)nc(-c2cccc3cnccc23)n1. The lowest BCUT2D eigenvalue weighted by Crippen LogP contribution is -2.15. The molecule has 100 valence electrons. The Kier molecular flexibility index (Phi) is 2.90. The van der Waals surface area contributed by atoms with Crippen LogP contribution in [-0.4, -0.2) is 34.0 Å². The lowest BCUT2D eigenvalue weighted by atomic mass is 10.1. The molecule has 0 fully saturated rings. The van der Waals surface area contributed by atoms with Crippen LogP contribution in [0.2, 0.25) is 0 Å². The fraction of sp³-hybridized carbons (Fsp3) is 0.143. The second-order valence-corrected chi connectivity index (χ2v) is 4.61. The largest absolute Gasteiger partial charge is 0.368 e. The molecule has 0 aliphatic heterocycles. The van der Waals surface area contributed by atoms with Crippen LogP contribution in [-0.2, 0) is 0 Å². The Morgan fingerprint density at radius 1 is 1.05 bits per heavy atom. The van der Waals surface area contributed by atoms with E-state index in [-0.39, 0.29) is 5.95 Å². The molecule has 2 N–H and O–H groups in total. The number of anilines is 2. The summed E-state index contributed by atoms with van der Waals surface area (Å²) in [6, 6.07) is 7.87. The minimum atomic E-state index is 0.213. The van der Waals surface area contributed by atoms with Gasteiger partial charge in [0.1, 0.15) is 0 Å². The molecule has 0 saturated carbocycles. The molecule has 1 aromatic carbocycles. The van der Waals surface area contributed by atoms with Gasteiger partial charge in [0.15, 0.2) is 5.82 Å². The van der Waals surface area contributed by atoms with Crippen molar-refractivity contribution < 1.29 is 0 Å². The third-order valence-electron chi connectivity index (χ3n) is 2.96. The monoisotopic (exact) mass is 266 g/mol. The zero-order valence-electron chi connectivity index (χ0n) is 11.3. The molecule has 0 bridgehead atoms. The summed E-state index contributed by atoms with van der Waals surface area (Å²) < 4.78 is 0. The van der Waals surface area contributed by atoms with E-state index >= 15 is 0 Å². The predicted octanol–water partition coefficient (Wildman–Crippen LogP) is 1.73. The molecule has 0 aliphatic rings. The standard InChI is InChI=1S/C14H14N6/c1-20(2)14-18-12(17-13(15)19-14)11-5-3-4-9-8-16-7-6-10(9)11/h3-8H,1-2H3,(H2,15,17,18,19). The Labute approximate surface area is 116 Å². The maximum atomic E-state index is 5.78. The average Bonchev–Trinajstić information content (AvgIpc) is 2.46. The highest BCUT2D eigenvalue weighted by Crippen LogP contribution is 2.26. The molecule has 2 aromatic heterocycles. The molecule has 0 aliphatic carbocycles. The van der Waals surface area contributed by atoms with Crippen LogP contribution in [0.3, 0.4) is 0 Å². The molecule has 0 radical (unpaired) electrons. The Balaban J connectivity index is 2.25. The summed E-state index contributed by atoms with van der Waals surface area (Å²) in [6.45, 7) is 0. The summed E-state index contributed by atoms with van der Waals surface area (Å²) >= 11 is 0. The Morgan fingerprint density at radius 3 is 2.70 bits per heavy atom.